The largest absolute Gasteiger partial charge is 0.373 e. The van der Waals surface area contributed by atoms with Gasteiger partial charge in [0, 0.05) is 30.1 Å². The van der Waals surface area contributed by atoms with E-state index in [9.17, 15) is 5.11 Å². The maximum absolute atomic E-state index is 9.36. The van der Waals surface area contributed by atoms with E-state index in [0.29, 0.717) is 45.6 Å². The van der Waals surface area contributed by atoms with Gasteiger partial charge in [-0.25, -0.2) is 5.10 Å². The van der Waals surface area contributed by atoms with Crippen LogP contribution in [0.5, 0.6) is 0 Å². The molecule has 1 aliphatic carbocycles. The minimum Gasteiger partial charge on any atom is -0.373 e. The first-order valence-electron chi connectivity index (χ1n) is 11.5. The number of aliphatic hydroxyl groups is 1. The zero-order chi connectivity index (χ0) is 23.9. The van der Waals surface area contributed by atoms with Crippen LogP contribution >= 0.6 is 23.2 Å². The van der Waals surface area contributed by atoms with E-state index in [1.165, 1.54) is 0 Å². The Morgan fingerprint density at radius 3 is 2.60 bits per heavy atom. The maximum atomic E-state index is 9.36. The van der Waals surface area contributed by atoms with Crippen molar-refractivity contribution in [2.24, 2.45) is 5.16 Å². The van der Waals surface area contributed by atoms with Crippen molar-refractivity contribution in [3.05, 3.63) is 45.4 Å². The van der Waals surface area contributed by atoms with Crippen LogP contribution in [0.25, 0.3) is 11.3 Å². The number of aliphatic hydroxyl groups excluding tert-OH is 1. The number of ether oxygens (including phenoxy) is 1. The van der Waals surface area contributed by atoms with E-state index in [-0.39, 0.29) is 11.9 Å². The van der Waals surface area contributed by atoms with Crippen LogP contribution in [0.4, 0.5) is 5.95 Å². The summed E-state index contributed by atoms with van der Waals surface area (Å²) in [6, 6.07) is 5.41. The van der Waals surface area contributed by atoms with Crippen LogP contribution in [0, 0.1) is 0 Å². The molecule has 3 N–H and O–H groups in total. The second kappa shape index (κ2) is 9.30. The molecule has 0 spiro atoms. The third-order valence-electron chi connectivity index (χ3n) is 6.36. The molecule has 6 rings (SSSR count). The lowest BCUT2D eigenvalue weighted by Gasteiger charge is -2.31. The molecular formula is C22H23Cl2N7O4. The van der Waals surface area contributed by atoms with Crippen molar-refractivity contribution >= 4 is 35.0 Å². The maximum Gasteiger partial charge on any atom is 0.305 e. The number of aromatic amines is 1. The highest BCUT2D eigenvalue weighted by atomic mass is 35.5. The van der Waals surface area contributed by atoms with E-state index in [0.717, 1.165) is 50.1 Å². The van der Waals surface area contributed by atoms with Gasteiger partial charge in [-0.1, -0.05) is 39.6 Å². The van der Waals surface area contributed by atoms with Gasteiger partial charge in [-0.05, 0) is 37.8 Å². The second-order valence-electron chi connectivity index (χ2n) is 8.77. The molecule has 0 amide bonds. The Labute approximate surface area is 210 Å². The van der Waals surface area contributed by atoms with Crippen LogP contribution in [-0.2, 0) is 16.2 Å². The number of halogens is 2. The molecule has 2 aliphatic heterocycles. The number of hydrogen-bond acceptors (Lipinski definition) is 10. The van der Waals surface area contributed by atoms with Crippen LogP contribution in [0.15, 0.2) is 27.9 Å². The summed E-state index contributed by atoms with van der Waals surface area (Å²) < 4.78 is 12.1. The van der Waals surface area contributed by atoms with Gasteiger partial charge in [0.1, 0.15) is 11.5 Å². The fraction of sp³-hybridized carbons (Fsp3) is 0.455. The molecule has 4 heterocycles. The predicted molar refractivity (Wildman–Crippen MR) is 127 cm³/mol. The summed E-state index contributed by atoms with van der Waals surface area (Å²) in [6.45, 7) is 1.89. The summed E-state index contributed by atoms with van der Waals surface area (Å²) in [4.78, 5) is 11.3. The lowest BCUT2D eigenvalue weighted by Crippen LogP contribution is -2.37. The number of piperidine rings is 1. The van der Waals surface area contributed by atoms with Crippen molar-refractivity contribution in [3.8, 4) is 11.3 Å². The van der Waals surface area contributed by atoms with Crippen molar-refractivity contribution in [1.29, 1.82) is 0 Å². The standard InChI is InChI=1S/C22H23Cl2N7O4/c23-14-2-1-3-15(24)16(14)17-13(18(34-29-17)11-4-5-11)10-33-12-6-8-31(9-7-12)21-25-19(27-28-21)20-26-22(32)35-30-20/h1-3,11-12,22,32H,4-10H2,(H,26,30)(H,25,27,28). The van der Waals surface area contributed by atoms with Gasteiger partial charge in [0.05, 0.1) is 22.8 Å². The van der Waals surface area contributed by atoms with Gasteiger partial charge in [-0.15, -0.1) is 5.10 Å². The van der Waals surface area contributed by atoms with Crippen molar-refractivity contribution < 1.29 is 19.2 Å². The van der Waals surface area contributed by atoms with Gasteiger partial charge in [-0.3, -0.25) is 0 Å². The fourth-order valence-electron chi connectivity index (χ4n) is 4.36. The first-order valence-corrected chi connectivity index (χ1v) is 12.2. The predicted octanol–water partition coefficient (Wildman–Crippen LogP) is 3.39. The number of benzene rings is 1. The summed E-state index contributed by atoms with van der Waals surface area (Å²) in [5.74, 6) is 2.51. The minimum atomic E-state index is -1.18. The Bertz CT molecular complexity index is 1230. The van der Waals surface area contributed by atoms with Crippen molar-refractivity contribution in [2.75, 3.05) is 18.0 Å². The molecule has 1 aromatic carbocycles. The van der Waals surface area contributed by atoms with Gasteiger partial charge < -0.3 is 29.4 Å². The van der Waals surface area contributed by atoms with Crippen molar-refractivity contribution in [2.45, 2.75) is 50.7 Å². The molecule has 35 heavy (non-hydrogen) atoms. The SMILES string of the molecule is OC1NC(c2n[nH]c(N3CCC(OCc4c(-c5c(Cl)cccc5Cl)noc4C4CC4)CC3)n2)=NO1. The Hall–Kier alpha value is -2.86. The fourth-order valence-corrected chi connectivity index (χ4v) is 4.94. The highest BCUT2D eigenvalue weighted by molar-refractivity contribution is 6.39. The molecule has 3 aliphatic rings. The van der Waals surface area contributed by atoms with Gasteiger partial charge in [-0.2, -0.15) is 4.98 Å². The molecule has 1 saturated carbocycles. The van der Waals surface area contributed by atoms with Crippen LogP contribution < -0.4 is 10.2 Å². The summed E-state index contributed by atoms with van der Waals surface area (Å²) in [5, 5.41) is 28.2. The van der Waals surface area contributed by atoms with E-state index in [1.807, 2.05) is 6.07 Å². The molecule has 0 bridgehead atoms. The lowest BCUT2D eigenvalue weighted by molar-refractivity contribution is -0.0896. The molecule has 13 heteroatoms. The quantitative estimate of drug-likeness (QED) is 0.429. The molecule has 1 saturated heterocycles. The smallest absolute Gasteiger partial charge is 0.305 e. The Balaban J connectivity index is 1.11. The Morgan fingerprint density at radius 1 is 1.14 bits per heavy atom. The summed E-state index contributed by atoms with van der Waals surface area (Å²) in [7, 11) is 0. The lowest BCUT2D eigenvalue weighted by atomic mass is 10.0. The van der Waals surface area contributed by atoms with Gasteiger partial charge in [0.2, 0.25) is 17.6 Å². The highest BCUT2D eigenvalue weighted by Crippen LogP contribution is 2.46. The number of anilines is 1. The molecule has 1 unspecified atom stereocenters. The number of oxime groups is 1. The highest BCUT2D eigenvalue weighted by Gasteiger charge is 2.34. The number of rotatable bonds is 7. The molecule has 2 aromatic heterocycles. The summed E-state index contributed by atoms with van der Waals surface area (Å²) >= 11 is 12.9. The molecular weight excluding hydrogens is 497 g/mol. The minimum absolute atomic E-state index is 0.0783. The molecule has 184 valence electrons. The van der Waals surface area contributed by atoms with Crippen LogP contribution in [0.3, 0.4) is 0 Å². The van der Waals surface area contributed by atoms with Gasteiger partial charge in [0.25, 0.3) is 0 Å². The number of hydrogen-bond donors (Lipinski definition) is 3. The zero-order valence-corrected chi connectivity index (χ0v) is 20.1. The zero-order valence-electron chi connectivity index (χ0n) is 18.6. The average molecular weight is 520 g/mol. The molecule has 1 atom stereocenters. The van der Waals surface area contributed by atoms with E-state index >= 15 is 0 Å². The van der Waals surface area contributed by atoms with E-state index in [4.69, 9.17) is 37.3 Å². The Kier molecular flexibility index (Phi) is 6.01. The summed E-state index contributed by atoms with van der Waals surface area (Å²) in [5.41, 5.74) is 2.27. The third-order valence-corrected chi connectivity index (χ3v) is 6.99. The van der Waals surface area contributed by atoms with Gasteiger partial charge in [0.15, 0.2) is 0 Å². The van der Waals surface area contributed by atoms with Crippen LogP contribution in [0.2, 0.25) is 10.0 Å². The topological polar surface area (TPSA) is 134 Å². The average Bonchev–Trinajstić information content (AvgIpc) is 3.23. The third kappa shape index (κ3) is 4.56. The first-order chi connectivity index (χ1) is 17.1. The van der Waals surface area contributed by atoms with E-state index in [2.05, 4.69) is 35.7 Å². The summed E-state index contributed by atoms with van der Waals surface area (Å²) in [6.07, 6.45) is 2.71. The van der Waals surface area contributed by atoms with Crippen LogP contribution in [0.1, 0.15) is 48.7 Å². The van der Waals surface area contributed by atoms with Crippen LogP contribution in [-0.4, -0.2) is 56.9 Å². The number of aromatic nitrogens is 4. The Morgan fingerprint density at radius 2 is 1.91 bits per heavy atom. The molecule has 0 radical (unpaired) electrons. The van der Waals surface area contributed by atoms with Crippen molar-refractivity contribution in [1.82, 2.24) is 25.7 Å². The monoisotopic (exact) mass is 519 g/mol. The van der Waals surface area contributed by atoms with E-state index < -0.39 is 6.41 Å². The molecule has 2 fully saturated rings. The van der Waals surface area contributed by atoms with Crippen molar-refractivity contribution in [3.63, 3.8) is 0 Å². The number of nitrogens with one attached hydrogen (secondary N) is 2. The van der Waals surface area contributed by atoms with E-state index in [1.54, 1.807) is 12.1 Å². The second-order valence-corrected chi connectivity index (χ2v) is 9.58. The van der Waals surface area contributed by atoms with Gasteiger partial charge >= 0.3 is 6.41 Å². The molecule has 3 aromatic rings. The molecule has 11 nitrogen and oxygen atoms in total. The number of nitrogens with zero attached hydrogens (tertiary/aromatic N) is 5. The number of amidine groups is 1. The normalized spacial score (nSPS) is 20.6. The number of H-pyrrole nitrogens is 1. The first kappa shape index (κ1) is 22.6.